The Labute approximate surface area is 165 Å². The van der Waals surface area contributed by atoms with Crippen molar-refractivity contribution in [3.63, 3.8) is 0 Å². The second kappa shape index (κ2) is 7.30. The molecule has 10 nitrogen and oxygen atoms in total. The first-order valence-electron chi connectivity index (χ1n) is 9.28. The van der Waals surface area contributed by atoms with Gasteiger partial charge < -0.3 is 13.7 Å². The summed E-state index contributed by atoms with van der Waals surface area (Å²) in [6.45, 7) is 1.24. The number of piperidine rings is 1. The predicted octanol–water partition coefficient (Wildman–Crippen LogP) is 2.33. The molecule has 0 N–H and O–H groups in total. The summed E-state index contributed by atoms with van der Waals surface area (Å²) in [6.07, 6.45) is 4.59. The molecule has 1 aliphatic rings. The molecule has 0 unspecified atom stereocenters. The van der Waals surface area contributed by atoms with Crippen LogP contribution in [-0.4, -0.2) is 54.3 Å². The van der Waals surface area contributed by atoms with Gasteiger partial charge in [-0.25, -0.2) is 4.68 Å². The van der Waals surface area contributed by atoms with Crippen LogP contribution in [0.4, 0.5) is 0 Å². The van der Waals surface area contributed by atoms with E-state index in [0.717, 1.165) is 18.5 Å². The maximum Gasteiger partial charge on any atom is 0.283 e. The standard InChI is InChI=1S/C19H17N7O3/c27-19(14-3-1-4-15(11-14)26-12-20-23-24-26)25-8-6-13(7-9-25)17-21-22-18(29-17)16-5-2-10-28-16/h1-5,10-13H,6-9H2. The molecule has 0 atom stereocenters. The van der Waals surface area contributed by atoms with E-state index in [2.05, 4.69) is 25.7 Å². The van der Waals surface area contributed by atoms with Gasteiger partial charge in [0.1, 0.15) is 6.33 Å². The molecule has 4 aromatic rings. The summed E-state index contributed by atoms with van der Waals surface area (Å²) in [4.78, 5) is 14.8. The van der Waals surface area contributed by atoms with Crippen molar-refractivity contribution in [3.05, 3.63) is 60.4 Å². The average molecular weight is 391 g/mol. The van der Waals surface area contributed by atoms with Gasteiger partial charge in [-0.1, -0.05) is 6.07 Å². The molecule has 1 aliphatic heterocycles. The molecule has 1 saturated heterocycles. The second-order valence-corrected chi connectivity index (χ2v) is 6.79. The van der Waals surface area contributed by atoms with Gasteiger partial charge in [0.15, 0.2) is 5.76 Å². The molecule has 0 radical (unpaired) electrons. The lowest BCUT2D eigenvalue weighted by Crippen LogP contribution is -2.38. The Morgan fingerprint density at radius 2 is 2.00 bits per heavy atom. The first-order chi connectivity index (χ1) is 14.3. The zero-order valence-electron chi connectivity index (χ0n) is 15.4. The van der Waals surface area contributed by atoms with E-state index in [1.54, 1.807) is 30.5 Å². The quantitative estimate of drug-likeness (QED) is 0.520. The summed E-state index contributed by atoms with van der Waals surface area (Å²) in [5.41, 5.74) is 1.35. The van der Waals surface area contributed by atoms with Crippen molar-refractivity contribution in [3.8, 4) is 17.3 Å². The maximum atomic E-state index is 12.9. The number of likely N-dealkylation sites (tertiary alicyclic amines) is 1. The maximum absolute atomic E-state index is 12.9. The Bertz CT molecular complexity index is 1100. The van der Waals surface area contributed by atoms with E-state index >= 15 is 0 Å². The van der Waals surface area contributed by atoms with Crippen LogP contribution in [0.3, 0.4) is 0 Å². The number of amides is 1. The molecule has 29 heavy (non-hydrogen) atoms. The highest BCUT2D eigenvalue weighted by Crippen LogP contribution is 2.30. The van der Waals surface area contributed by atoms with Gasteiger partial charge >= 0.3 is 0 Å². The summed E-state index contributed by atoms with van der Waals surface area (Å²) in [7, 11) is 0. The van der Waals surface area contributed by atoms with Gasteiger partial charge in [-0.3, -0.25) is 4.79 Å². The fraction of sp³-hybridized carbons (Fsp3) is 0.263. The van der Waals surface area contributed by atoms with Gasteiger partial charge in [-0.2, -0.15) is 0 Å². The first-order valence-corrected chi connectivity index (χ1v) is 9.28. The van der Waals surface area contributed by atoms with Crippen molar-refractivity contribution < 1.29 is 13.6 Å². The molecular formula is C19H17N7O3. The molecule has 0 aliphatic carbocycles. The van der Waals surface area contributed by atoms with Crippen LogP contribution in [0.25, 0.3) is 17.3 Å². The van der Waals surface area contributed by atoms with Crippen molar-refractivity contribution in [2.24, 2.45) is 0 Å². The molecule has 1 amide bonds. The highest BCUT2D eigenvalue weighted by molar-refractivity contribution is 5.94. The monoisotopic (exact) mass is 391 g/mol. The van der Waals surface area contributed by atoms with E-state index in [-0.39, 0.29) is 11.8 Å². The van der Waals surface area contributed by atoms with Gasteiger partial charge in [0.05, 0.1) is 12.0 Å². The largest absolute Gasteiger partial charge is 0.459 e. The molecule has 10 heteroatoms. The molecule has 4 heterocycles. The van der Waals surface area contributed by atoms with Crippen LogP contribution >= 0.6 is 0 Å². The van der Waals surface area contributed by atoms with Crippen molar-refractivity contribution in [1.29, 1.82) is 0 Å². The summed E-state index contributed by atoms with van der Waals surface area (Å²) < 4.78 is 12.6. The number of nitrogens with zero attached hydrogens (tertiary/aromatic N) is 7. The Morgan fingerprint density at radius 1 is 1.10 bits per heavy atom. The fourth-order valence-electron chi connectivity index (χ4n) is 3.47. The second-order valence-electron chi connectivity index (χ2n) is 6.79. The lowest BCUT2D eigenvalue weighted by molar-refractivity contribution is 0.0706. The van der Waals surface area contributed by atoms with Crippen LogP contribution in [-0.2, 0) is 0 Å². The van der Waals surface area contributed by atoms with Crippen molar-refractivity contribution in [1.82, 2.24) is 35.3 Å². The van der Waals surface area contributed by atoms with Crippen molar-refractivity contribution in [2.75, 3.05) is 13.1 Å². The minimum Gasteiger partial charge on any atom is -0.459 e. The predicted molar refractivity (Wildman–Crippen MR) is 99.0 cm³/mol. The average Bonchev–Trinajstić information content (AvgIpc) is 3.55. The molecule has 0 saturated carbocycles. The third-order valence-electron chi connectivity index (χ3n) is 5.01. The fourth-order valence-corrected chi connectivity index (χ4v) is 3.47. The molecule has 146 valence electrons. The lowest BCUT2D eigenvalue weighted by Gasteiger charge is -2.30. The molecule has 1 fully saturated rings. The number of benzene rings is 1. The minimum atomic E-state index is -0.0137. The van der Waals surface area contributed by atoms with E-state index < -0.39 is 0 Å². The van der Waals surface area contributed by atoms with Crippen molar-refractivity contribution in [2.45, 2.75) is 18.8 Å². The summed E-state index contributed by atoms with van der Waals surface area (Å²) in [5.74, 6) is 1.63. The molecule has 5 rings (SSSR count). The Morgan fingerprint density at radius 3 is 2.76 bits per heavy atom. The van der Waals surface area contributed by atoms with E-state index in [1.807, 2.05) is 17.0 Å². The third-order valence-corrected chi connectivity index (χ3v) is 5.01. The number of hydrogen-bond donors (Lipinski definition) is 0. The van der Waals surface area contributed by atoms with Gasteiger partial charge in [0.2, 0.25) is 5.89 Å². The van der Waals surface area contributed by atoms with Crippen LogP contribution in [0.1, 0.15) is 35.0 Å². The van der Waals surface area contributed by atoms with E-state index in [0.29, 0.717) is 36.2 Å². The molecular weight excluding hydrogens is 374 g/mol. The first kappa shape index (κ1) is 17.3. The van der Waals surface area contributed by atoms with Gasteiger partial charge in [-0.05, 0) is 53.6 Å². The normalized spacial score (nSPS) is 15.0. The smallest absolute Gasteiger partial charge is 0.283 e. The van der Waals surface area contributed by atoms with Crippen LogP contribution in [0.5, 0.6) is 0 Å². The minimum absolute atomic E-state index is 0.0137. The molecule has 0 spiro atoms. The SMILES string of the molecule is O=C(c1cccc(-n2cnnn2)c1)N1CCC(c2nnc(-c3ccco3)o2)CC1. The molecule has 0 bridgehead atoms. The number of furan rings is 1. The number of rotatable bonds is 4. The molecule has 3 aromatic heterocycles. The number of hydrogen-bond acceptors (Lipinski definition) is 8. The van der Waals surface area contributed by atoms with Crippen molar-refractivity contribution >= 4 is 5.91 Å². The van der Waals surface area contributed by atoms with Gasteiger partial charge in [0.25, 0.3) is 11.8 Å². The third kappa shape index (κ3) is 3.40. The van der Waals surface area contributed by atoms with Crippen LogP contribution in [0, 0.1) is 0 Å². The highest BCUT2D eigenvalue weighted by atomic mass is 16.4. The number of carbonyl (C=O) groups is 1. The highest BCUT2D eigenvalue weighted by Gasteiger charge is 2.28. The van der Waals surface area contributed by atoms with Crippen LogP contribution < -0.4 is 0 Å². The summed E-state index contributed by atoms with van der Waals surface area (Å²) in [5, 5.41) is 19.3. The number of tetrazole rings is 1. The zero-order chi connectivity index (χ0) is 19.6. The van der Waals surface area contributed by atoms with E-state index in [4.69, 9.17) is 8.83 Å². The van der Waals surface area contributed by atoms with Gasteiger partial charge in [-0.15, -0.1) is 15.3 Å². The zero-order valence-corrected chi connectivity index (χ0v) is 15.4. The van der Waals surface area contributed by atoms with Crippen LogP contribution in [0.15, 0.2) is 57.8 Å². The Hall–Kier alpha value is -3.82. The Balaban J connectivity index is 1.25. The number of carbonyl (C=O) groups excluding carboxylic acids is 1. The number of aromatic nitrogens is 6. The summed E-state index contributed by atoms with van der Waals surface area (Å²) in [6, 6.07) is 10.8. The van der Waals surface area contributed by atoms with Crippen LogP contribution in [0.2, 0.25) is 0 Å². The summed E-state index contributed by atoms with van der Waals surface area (Å²) >= 11 is 0. The van der Waals surface area contributed by atoms with E-state index in [9.17, 15) is 4.79 Å². The van der Waals surface area contributed by atoms with E-state index in [1.165, 1.54) is 11.0 Å². The topological polar surface area (TPSA) is 116 Å². The Kier molecular flexibility index (Phi) is 4.35. The van der Waals surface area contributed by atoms with Gasteiger partial charge in [0, 0.05) is 24.6 Å². The molecule has 1 aromatic carbocycles. The lowest BCUT2D eigenvalue weighted by atomic mass is 9.96.